The second-order valence-electron chi connectivity index (χ2n) is 5.70. The van der Waals surface area contributed by atoms with Gasteiger partial charge >= 0.3 is 0 Å². The van der Waals surface area contributed by atoms with Gasteiger partial charge in [-0.3, -0.25) is 9.80 Å². The summed E-state index contributed by atoms with van der Waals surface area (Å²) in [6.07, 6.45) is 0.542. The van der Waals surface area contributed by atoms with Gasteiger partial charge < -0.3 is 0 Å². The van der Waals surface area contributed by atoms with Crippen molar-refractivity contribution in [3.05, 3.63) is 35.4 Å². The average Bonchev–Trinajstić information content (AvgIpc) is 2.61. The van der Waals surface area contributed by atoms with Gasteiger partial charge in [-0.05, 0) is 33.3 Å². The van der Waals surface area contributed by atoms with Crippen LogP contribution in [-0.2, 0) is 4.79 Å². The quantitative estimate of drug-likeness (QED) is 0.807. The summed E-state index contributed by atoms with van der Waals surface area (Å²) in [7, 11) is 0. The first-order valence-electron chi connectivity index (χ1n) is 6.04. The Hall–Kier alpha value is -1.35. The Balaban J connectivity index is 2.17. The number of rotatable bonds is 1. The molecule has 92 valence electrons. The molecule has 1 aliphatic heterocycles. The van der Waals surface area contributed by atoms with Crippen molar-refractivity contribution in [2.24, 2.45) is 0 Å². The molecular weight excluding hydrogens is 212 g/mol. The Morgan fingerprint density at radius 1 is 1.24 bits per heavy atom. The highest BCUT2D eigenvalue weighted by Gasteiger charge is 2.36. The molecule has 0 aromatic heterocycles. The summed E-state index contributed by atoms with van der Waals surface area (Å²) >= 11 is 0. The lowest BCUT2D eigenvalue weighted by molar-refractivity contribution is -0.134. The van der Waals surface area contributed by atoms with Crippen LogP contribution in [0.5, 0.6) is 0 Å². The third-order valence-corrected chi connectivity index (χ3v) is 3.06. The average molecular weight is 232 g/mol. The van der Waals surface area contributed by atoms with Gasteiger partial charge in [0.25, 0.3) is 0 Å². The van der Waals surface area contributed by atoms with Crippen molar-refractivity contribution in [2.45, 2.75) is 45.7 Å². The Bertz CT molecular complexity index is 417. The lowest BCUT2D eigenvalue weighted by Crippen LogP contribution is -2.48. The number of amides is 1. The molecule has 0 radical (unpaired) electrons. The standard InChI is InChI=1S/C14H20N2O/c1-10-5-7-11(8-6-10)12-9-13(17)16(15-12)14(2,3)4/h5-8,12,15H,9H2,1-4H3. The number of carbonyl (C=O) groups is 1. The molecule has 1 heterocycles. The lowest BCUT2D eigenvalue weighted by atomic mass is 10.0. The van der Waals surface area contributed by atoms with Crippen LogP contribution < -0.4 is 5.43 Å². The summed E-state index contributed by atoms with van der Waals surface area (Å²) in [5.74, 6) is 0.170. The van der Waals surface area contributed by atoms with Crippen molar-refractivity contribution in [3.8, 4) is 0 Å². The van der Waals surface area contributed by atoms with E-state index < -0.39 is 0 Å². The van der Waals surface area contributed by atoms with Crippen LogP contribution in [0.4, 0.5) is 0 Å². The van der Waals surface area contributed by atoms with E-state index in [-0.39, 0.29) is 17.5 Å². The van der Waals surface area contributed by atoms with Gasteiger partial charge in [-0.1, -0.05) is 29.8 Å². The molecule has 1 aliphatic rings. The number of hydrazine groups is 1. The molecule has 1 unspecified atom stereocenters. The van der Waals surface area contributed by atoms with Gasteiger partial charge in [0.15, 0.2) is 0 Å². The number of benzene rings is 1. The van der Waals surface area contributed by atoms with Gasteiger partial charge in [0.2, 0.25) is 5.91 Å². The number of hydrogen-bond acceptors (Lipinski definition) is 2. The van der Waals surface area contributed by atoms with Gasteiger partial charge in [-0.2, -0.15) is 0 Å². The molecule has 2 rings (SSSR count). The fourth-order valence-electron chi connectivity index (χ4n) is 2.10. The zero-order valence-corrected chi connectivity index (χ0v) is 10.9. The van der Waals surface area contributed by atoms with Crippen LogP contribution in [0.1, 0.15) is 44.4 Å². The fraction of sp³-hybridized carbons (Fsp3) is 0.500. The maximum atomic E-state index is 11.9. The fourth-order valence-corrected chi connectivity index (χ4v) is 2.10. The summed E-state index contributed by atoms with van der Waals surface area (Å²) in [4.78, 5) is 11.9. The maximum Gasteiger partial charge on any atom is 0.239 e. The molecule has 0 aliphatic carbocycles. The molecular formula is C14H20N2O. The number of nitrogens with zero attached hydrogens (tertiary/aromatic N) is 1. The summed E-state index contributed by atoms with van der Waals surface area (Å²) < 4.78 is 0. The van der Waals surface area contributed by atoms with Gasteiger partial charge in [0, 0.05) is 6.42 Å². The van der Waals surface area contributed by atoms with E-state index in [4.69, 9.17) is 0 Å². The lowest BCUT2D eigenvalue weighted by Gasteiger charge is -2.32. The Morgan fingerprint density at radius 3 is 2.29 bits per heavy atom. The van der Waals surface area contributed by atoms with Gasteiger partial charge in [0.05, 0.1) is 11.6 Å². The van der Waals surface area contributed by atoms with Crippen LogP contribution in [0.2, 0.25) is 0 Å². The first kappa shape index (κ1) is 12.1. The molecule has 1 aromatic rings. The minimum absolute atomic E-state index is 0.113. The molecule has 17 heavy (non-hydrogen) atoms. The van der Waals surface area contributed by atoms with Crippen LogP contribution in [0.25, 0.3) is 0 Å². The Kier molecular flexibility index (Phi) is 2.96. The van der Waals surface area contributed by atoms with E-state index >= 15 is 0 Å². The van der Waals surface area contributed by atoms with E-state index in [1.807, 2.05) is 20.8 Å². The third-order valence-electron chi connectivity index (χ3n) is 3.06. The number of aryl methyl sites for hydroxylation is 1. The monoisotopic (exact) mass is 232 g/mol. The molecule has 0 bridgehead atoms. The second-order valence-corrected chi connectivity index (χ2v) is 5.70. The van der Waals surface area contributed by atoms with Crippen molar-refractivity contribution in [3.63, 3.8) is 0 Å². The molecule has 3 heteroatoms. The first-order valence-corrected chi connectivity index (χ1v) is 6.04. The summed E-state index contributed by atoms with van der Waals surface area (Å²) in [5.41, 5.74) is 5.55. The van der Waals surface area contributed by atoms with Crippen LogP contribution >= 0.6 is 0 Å². The van der Waals surface area contributed by atoms with E-state index in [0.29, 0.717) is 6.42 Å². The van der Waals surface area contributed by atoms with E-state index in [9.17, 15) is 4.79 Å². The Morgan fingerprint density at radius 2 is 1.82 bits per heavy atom. The highest BCUT2D eigenvalue weighted by Crippen LogP contribution is 2.28. The van der Waals surface area contributed by atoms with Crippen molar-refractivity contribution < 1.29 is 4.79 Å². The predicted octanol–water partition coefficient (Wildman–Crippen LogP) is 2.57. The van der Waals surface area contributed by atoms with Crippen molar-refractivity contribution in [1.29, 1.82) is 0 Å². The van der Waals surface area contributed by atoms with Crippen molar-refractivity contribution in [1.82, 2.24) is 10.4 Å². The third kappa shape index (κ3) is 2.50. The minimum Gasteiger partial charge on any atom is -0.273 e. The molecule has 3 nitrogen and oxygen atoms in total. The topological polar surface area (TPSA) is 32.3 Å². The first-order chi connectivity index (χ1) is 7.88. The predicted molar refractivity (Wildman–Crippen MR) is 68.3 cm³/mol. The zero-order chi connectivity index (χ0) is 12.6. The van der Waals surface area contributed by atoms with Crippen LogP contribution in [0, 0.1) is 6.92 Å². The molecule has 1 atom stereocenters. The highest BCUT2D eigenvalue weighted by atomic mass is 16.2. The molecule has 1 aromatic carbocycles. The van der Waals surface area contributed by atoms with Crippen molar-refractivity contribution in [2.75, 3.05) is 0 Å². The summed E-state index contributed by atoms with van der Waals surface area (Å²) in [6, 6.07) is 8.46. The maximum absolute atomic E-state index is 11.9. The largest absolute Gasteiger partial charge is 0.273 e. The highest BCUT2D eigenvalue weighted by molar-refractivity contribution is 5.79. The molecule has 0 spiro atoms. The van der Waals surface area contributed by atoms with E-state index in [1.165, 1.54) is 11.1 Å². The summed E-state index contributed by atoms with van der Waals surface area (Å²) in [6.45, 7) is 8.18. The molecule has 1 fully saturated rings. The SMILES string of the molecule is Cc1ccc(C2CC(=O)N(C(C)(C)C)N2)cc1. The minimum atomic E-state index is -0.170. The van der Waals surface area contributed by atoms with E-state index in [1.54, 1.807) is 5.01 Å². The normalized spacial score (nSPS) is 21.1. The van der Waals surface area contributed by atoms with Gasteiger partial charge in [-0.15, -0.1) is 0 Å². The second kappa shape index (κ2) is 4.15. The number of hydrogen-bond donors (Lipinski definition) is 1. The van der Waals surface area contributed by atoms with Crippen molar-refractivity contribution >= 4 is 5.91 Å². The van der Waals surface area contributed by atoms with Crippen LogP contribution in [0.15, 0.2) is 24.3 Å². The number of nitrogens with one attached hydrogen (secondary N) is 1. The van der Waals surface area contributed by atoms with Gasteiger partial charge in [-0.25, -0.2) is 5.43 Å². The molecule has 1 N–H and O–H groups in total. The van der Waals surface area contributed by atoms with Gasteiger partial charge in [0.1, 0.15) is 0 Å². The van der Waals surface area contributed by atoms with E-state index in [0.717, 1.165) is 0 Å². The van der Waals surface area contributed by atoms with E-state index in [2.05, 4.69) is 36.6 Å². The summed E-state index contributed by atoms with van der Waals surface area (Å²) in [5, 5.41) is 1.75. The molecule has 1 saturated heterocycles. The van der Waals surface area contributed by atoms with Crippen LogP contribution in [-0.4, -0.2) is 16.5 Å². The Labute approximate surface area is 103 Å². The smallest absolute Gasteiger partial charge is 0.239 e. The zero-order valence-electron chi connectivity index (χ0n) is 10.9. The van der Waals surface area contributed by atoms with Crippen LogP contribution in [0.3, 0.4) is 0 Å². The molecule has 1 amide bonds. The number of carbonyl (C=O) groups excluding carboxylic acids is 1. The molecule has 0 saturated carbocycles.